The maximum Gasteiger partial charge on any atom is 0.254 e. The molecule has 5 rings (SSSR count). The molecule has 0 bridgehead atoms. The molecule has 2 amide bonds. The number of fused-ring (bicyclic) bond motifs is 2. The molecule has 3 aromatic carbocycles. The fraction of sp³-hybridized carbons (Fsp3) is 0.214. The molecule has 35 heavy (non-hydrogen) atoms. The smallest absolute Gasteiger partial charge is 0.254 e. The van der Waals surface area contributed by atoms with Crippen molar-refractivity contribution in [2.75, 3.05) is 26.6 Å². The number of amides is 2. The van der Waals surface area contributed by atoms with Gasteiger partial charge in [0, 0.05) is 48.4 Å². The summed E-state index contributed by atoms with van der Waals surface area (Å²) in [4.78, 5) is 29.1. The van der Waals surface area contributed by atoms with E-state index in [-0.39, 0.29) is 11.8 Å². The van der Waals surface area contributed by atoms with Gasteiger partial charge in [-0.1, -0.05) is 36.4 Å². The zero-order chi connectivity index (χ0) is 24.7. The molecule has 1 aliphatic rings. The van der Waals surface area contributed by atoms with Gasteiger partial charge in [-0.15, -0.1) is 0 Å². The summed E-state index contributed by atoms with van der Waals surface area (Å²) < 4.78 is 12.9. The zero-order valence-corrected chi connectivity index (χ0v) is 20.1. The first-order valence-corrected chi connectivity index (χ1v) is 11.4. The van der Waals surface area contributed by atoms with Crippen molar-refractivity contribution < 1.29 is 19.1 Å². The summed E-state index contributed by atoms with van der Waals surface area (Å²) in [7, 11) is 6.86. The van der Waals surface area contributed by atoms with Crippen LogP contribution in [0.5, 0.6) is 11.5 Å². The van der Waals surface area contributed by atoms with E-state index in [9.17, 15) is 9.59 Å². The second kappa shape index (κ2) is 8.83. The topological polar surface area (TPSA) is 72.8 Å². The van der Waals surface area contributed by atoms with E-state index in [4.69, 9.17) is 9.47 Å². The van der Waals surface area contributed by atoms with Gasteiger partial charge in [0.25, 0.3) is 5.91 Å². The number of rotatable bonds is 5. The van der Waals surface area contributed by atoms with Gasteiger partial charge >= 0.3 is 0 Å². The molecule has 1 aromatic heterocycles. The summed E-state index contributed by atoms with van der Waals surface area (Å²) in [6.07, 6.45) is 2.01. The maximum atomic E-state index is 14.0. The van der Waals surface area contributed by atoms with E-state index in [0.717, 1.165) is 16.5 Å². The molecule has 0 radical (unpaired) electrons. The number of para-hydroxylation sites is 1. The van der Waals surface area contributed by atoms with Crippen molar-refractivity contribution in [1.29, 1.82) is 0 Å². The van der Waals surface area contributed by atoms with Crippen molar-refractivity contribution in [1.82, 2.24) is 9.47 Å². The largest absolute Gasteiger partial charge is 0.497 e. The lowest BCUT2D eigenvalue weighted by Crippen LogP contribution is -2.44. The standard InChI is InChI=1S/C28H27N3O4/c1-30-16-21(18-9-7-8-12-23(18)30)26-25(19-10-5-6-11-20(19)28(33)31(26)2)27(32)29-22-15-17(34-3)13-14-24(22)35-4/h5-16,25-26H,1-4H3,(H,29,32)/t25-,26+/m1/s1. The highest BCUT2D eigenvalue weighted by Crippen LogP contribution is 2.45. The molecule has 0 fully saturated rings. The molecule has 7 heteroatoms. The number of carbonyl (C=O) groups excluding carboxylic acids is 2. The van der Waals surface area contributed by atoms with E-state index >= 15 is 0 Å². The van der Waals surface area contributed by atoms with Crippen LogP contribution in [0.15, 0.2) is 72.9 Å². The Balaban J connectivity index is 1.67. The molecule has 1 aliphatic heterocycles. The molecule has 0 aliphatic carbocycles. The average molecular weight is 470 g/mol. The van der Waals surface area contributed by atoms with Gasteiger partial charge in [0.15, 0.2) is 0 Å². The fourth-order valence-electron chi connectivity index (χ4n) is 5.08. The number of nitrogens with zero attached hydrogens (tertiary/aromatic N) is 2. The summed E-state index contributed by atoms with van der Waals surface area (Å²) in [5, 5.41) is 4.06. The molecule has 7 nitrogen and oxygen atoms in total. The summed E-state index contributed by atoms with van der Waals surface area (Å²) in [5.41, 5.74) is 3.70. The summed E-state index contributed by atoms with van der Waals surface area (Å²) in [6, 6.07) is 20.1. The van der Waals surface area contributed by atoms with E-state index < -0.39 is 12.0 Å². The lowest BCUT2D eigenvalue weighted by Gasteiger charge is -2.39. The monoisotopic (exact) mass is 469 g/mol. The van der Waals surface area contributed by atoms with Crippen molar-refractivity contribution in [2.24, 2.45) is 7.05 Å². The van der Waals surface area contributed by atoms with E-state index in [2.05, 4.69) is 5.32 Å². The minimum absolute atomic E-state index is 0.110. The van der Waals surface area contributed by atoms with Crippen LogP contribution in [-0.2, 0) is 11.8 Å². The van der Waals surface area contributed by atoms with Gasteiger partial charge in [-0.05, 0) is 29.8 Å². The van der Waals surface area contributed by atoms with Gasteiger partial charge in [-0.25, -0.2) is 0 Å². The molecule has 2 atom stereocenters. The number of aromatic nitrogens is 1. The van der Waals surface area contributed by atoms with Crippen LogP contribution in [0, 0.1) is 0 Å². The Morgan fingerprint density at radius 3 is 2.43 bits per heavy atom. The van der Waals surface area contributed by atoms with Crippen LogP contribution in [-0.4, -0.2) is 42.5 Å². The third-order valence-corrected chi connectivity index (χ3v) is 6.77. The SMILES string of the molecule is COc1ccc(OC)c(NC(=O)[C@@H]2c3ccccc3C(=O)N(C)[C@H]2c2cn(C)c3ccccc23)c1. The second-order valence-corrected chi connectivity index (χ2v) is 8.69. The van der Waals surface area contributed by atoms with E-state index in [1.54, 1.807) is 50.4 Å². The Morgan fingerprint density at radius 2 is 1.66 bits per heavy atom. The van der Waals surface area contributed by atoms with Crippen molar-refractivity contribution >= 4 is 28.4 Å². The Hall–Kier alpha value is -4.26. The number of ether oxygens (including phenoxy) is 2. The fourth-order valence-corrected chi connectivity index (χ4v) is 5.08. The zero-order valence-electron chi connectivity index (χ0n) is 20.1. The number of likely N-dealkylation sites (N-methyl/N-ethyl adjacent to an activating group) is 1. The molecule has 0 spiro atoms. The quantitative estimate of drug-likeness (QED) is 0.458. The number of hydrogen-bond acceptors (Lipinski definition) is 4. The predicted octanol–water partition coefficient (Wildman–Crippen LogP) is 4.74. The second-order valence-electron chi connectivity index (χ2n) is 8.69. The van der Waals surface area contributed by atoms with Crippen LogP contribution in [0.4, 0.5) is 5.69 Å². The lowest BCUT2D eigenvalue weighted by atomic mass is 9.79. The van der Waals surface area contributed by atoms with Gasteiger partial charge in [0.2, 0.25) is 5.91 Å². The minimum Gasteiger partial charge on any atom is -0.497 e. The number of nitrogens with one attached hydrogen (secondary N) is 1. The summed E-state index contributed by atoms with van der Waals surface area (Å²) >= 11 is 0. The lowest BCUT2D eigenvalue weighted by molar-refractivity contribution is -0.119. The summed E-state index contributed by atoms with van der Waals surface area (Å²) in [6.45, 7) is 0. The highest BCUT2D eigenvalue weighted by Gasteiger charge is 2.43. The van der Waals surface area contributed by atoms with Crippen LogP contribution >= 0.6 is 0 Å². The Labute approximate surface area is 203 Å². The van der Waals surface area contributed by atoms with Crippen LogP contribution < -0.4 is 14.8 Å². The van der Waals surface area contributed by atoms with Crippen molar-refractivity contribution in [3.05, 3.63) is 89.6 Å². The highest BCUT2D eigenvalue weighted by molar-refractivity contribution is 6.05. The van der Waals surface area contributed by atoms with Crippen molar-refractivity contribution in [2.45, 2.75) is 12.0 Å². The van der Waals surface area contributed by atoms with Gasteiger partial charge in [0.05, 0.1) is 31.9 Å². The molecule has 1 N–H and O–H groups in total. The maximum absolute atomic E-state index is 14.0. The number of benzene rings is 3. The molecule has 178 valence electrons. The first-order chi connectivity index (χ1) is 16.9. The van der Waals surface area contributed by atoms with Crippen molar-refractivity contribution in [3.8, 4) is 11.5 Å². The Kier molecular flexibility index (Phi) is 5.68. The van der Waals surface area contributed by atoms with Gasteiger partial charge in [0.1, 0.15) is 11.5 Å². The van der Waals surface area contributed by atoms with Crippen LogP contribution in [0.2, 0.25) is 0 Å². The molecule has 0 saturated carbocycles. The van der Waals surface area contributed by atoms with Crippen molar-refractivity contribution in [3.63, 3.8) is 0 Å². The number of carbonyl (C=O) groups is 2. The average Bonchev–Trinajstić information content (AvgIpc) is 3.22. The third-order valence-electron chi connectivity index (χ3n) is 6.77. The third kappa shape index (κ3) is 3.69. The van der Waals surface area contributed by atoms with E-state index in [1.165, 1.54) is 0 Å². The molecular weight excluding hydrogens is 442 g/mol. The number of methoxy groups -OCH3 is 2. The first kappa shape index (κ1) is 22.5. The first-order valence-electron chi connectivity index (χ1n) is 11.4. The Bertz CT molecular complexity index is 1440. The van der Waals surface area contributed by atoms with Gasteiger partial charge in [-0.2, -0.15) is 0 Å². The summed E-state index contributed by atoms with van der Waals surface area (Å²) in [5.74, 6) is 0.135. The number of anilines is 1. The predicted molar refractivity (Wildman–Crippen MR) is 135 cm³/mol. The van der Waals surface area contributed by atoms with Crippen LogP contribution in [0.1, 0.15) is 33.4 Å². The normalized spacial score (nSPS) is 17.3. The molecule has 4 aromatic rings. The van der Waals surface area contributed by atoms with Gasteiger partial charge in [-0.3, -0.25) is 9.59 Å². The molecule has 2 heterocycles. The minimum atomic E-state index is -0.643. The van der Waals surface area contributed by atoms with E-state index in [0.29, 0.717) is 28.3 Å². The van der Waals surface area contributed by atoms with Gasteiger partial charge < -0.3 is 24.3 Å². The van der Waals surface area contributed by atoms with E-state index in [1.807, 2.05) is 60.3 Å². The molecular formula is C28H27N3O4. The number of aryl methyl sites for hydroxylation is 1. The molecule has 0 saturated heterocycles. The highest BCUT2D eigenvalue weighted by atomic mass is 16.5. The van der Waals surface area contributed by atoms with Crippen LogP contribution in [0.3, 0.4) is 0 Å². The number of hydrogen-bond donors (Lipinski definition) is 1. The molecule has 0 unspecified atom stereocenters. The van der Waals surface area contributed by atoms with Crippen LogP contribution in [0.25, 0.3) is 10.9 Å². The Morgan fingerprint density at radius 1 is 0.914 bits per heavy atom.